The van der Waals surface area contributed by atoms with Gasteiger partial charge in [0.2, 0.25) is 0 Å². The molecule has 0 saturated carbocycles. The van der Waals surface area contributed by atoms with Crippen molar-refractivity contribution in [2.75, 3.05) is 32.1 Å². The summed E-state index contributed by atoms with van der Waals surface area (Å²) in [6, 6.07) is 19.5. The SMILES string of the molecule is CN(C)C1CCN(c2nc3ccccc3c3c2ccn3Cc2cccc(Cl)c2)CC1.Cl. The Morgan fingerprint density at radius 1 is 1.00 bits per heavy atom. The topological polar surface area (TPSA) is 24.3 Å². The number of hydrogen-bond donors (Lipinski definition) is 0. The number of fused-ring (bicyclic) bond motifs is 3. The van der Waals surface area contributed by atoms with Crippen LogP contribution in [0.15, 0.2) is 60.8 Å². The van der Waals surface area contributed by atoms with E-state index in [-0.39, 0.29) is 12.4 Å². The molecule has 3 heterocycles. The van der Waals surface area contributed by atoms with Gasteiger partial charge in [0, 0.05) is 47.7 Å². The molecule has 0 atom stereocenters. The molecule has 31 heavy (non-hydrogen) atoms. The van der Waals surface area contributed by atoms with Crippen LogP contribution in [-0.2, 0) is 6.54 Å². The molecule has 0 aliphatic carbocycles. The summed E-state index contributed by atoms with van der Waals surface area (Å²) in [6.45, 7) is 2.88. The fourth-order valence-electron chi connectivity index (χ4n) is 4.70. The Hall–Kier alpha value is -2.27. The Morgan fingerprint density at radius 3 is 2.52 bits per heavy atom. The minimum atomic E-state index is 0. The van der Waals surface area contributed by atoms with Gasteiger partial charge in [-0.05, 0) is 56.8 Å². The number of nitrogens with zero attached hydrogens (tertiary/aromatic N) is 4. The van der Waals surface area contributed by atoms with Gasteiger partial charge in [0.15, 0.2) is 0 Å². The van der Waals surface area contributed by atoms with E-state index in [2.05, 4.69) is 71.1 Å². The van der Waals surface area contributed by atoms with Crippen LogP contribution >= 0.6 is 24.0 Å². The molecule has 0 radical (unpaired) electrons. The van der Waals surface area contributed by atoms with Crippen molar-refractivity contribution in [2.24, 2.45) is 0 Å². The fraction of sp³-hybridized carbons (Fsp3) is 0.320. The normalized spacial score (nSPS) is 15.0. The smallest absolute Gasteiger partial charge is 0.138 e. The highest BCUT2D eigenvalue weighted by Crippen LogP contribution is 2.34. The predicted molar refractivity (Wildman–Crippen MR) is 134 cm³/mol. The second kappa shape index (κ2) is 9.07. The highest BCUT2D eigenvalue weighted by atomic mass is 35.5. The number of pyridine rings is 1. The van der Waals surface area contributed by atoms with Gasteiger partial charge in [0.1, 0.15) is 5.82 Å². The van der Waals surface area contributed by atoms with E-state index < -0.39 is 0 Å². The molecular formula is C25H28Cl2N4. The standard InChI is InChI=1S/C25H27ClN4.ClH/c1-28(2)20-10-13-29(14-11-20)25-22-12-15-30(17-18-6-5-7-19(26)16-18)24(22)21-8-3-4-9-23(21)27-25;/h3-9,12,15-16,20H,10-11,13-14,17H2,1-2H3;1H. The Morgan fingerprint density at radius 2 is 1.77 bits per heavy atom. The van der Waals surface area contributed by atoms with Gasteiger partial charge in [-0.2, -0.15) is 0 Å². The lowest BCUT2D eigenvalue weighted by atomic mass is 10.0. The summed E-state index contributed by atoms with van der Waals surface area (Å²) in [6.07, 6.45) is 4.54. The molecule has 0 amide bonds. The molecule has 6 heteroatoms. The molecule has 1 saturated heterocycles. The van der Waals surface area contributed by atoms with Crippen molar-refractivity contribution in [3.05, 3.63) is 71.4 Å². The van der Waals surface area contributed by atoms with Crippen LogP contribution in [0.1, 0.15) is 18.4 Å². The number of aromatic nitrogens is 2. The zero-order valence-corrected chi connectivity index (χ0v) is 19.5. The molecule has 0 spiro atoms. The Balaban J connectivity index is 0.00000231. The van der Waals surface area contributed by atoms with Crippen LogP contribution in [0.4, 0.5) is 5.82 Å². The number of piperidine rings is 1. The van der Waals surface area contributed by atoms with Crippen molar-refractivity contribution in [1.82, 2.24) is 14.5 Å². The zero-order chi connectivity index (χ0) is 20.7. The largest absolute Gasteiger partial charge is 0.356 e. The molecule has 4 aromatic rings. The van der Waals surface area contributed by atoms with Crippen molar-refractivity contribution in [2.45, 2.75) is 25.4 Å². The lowest BCUT2D eigenvalue weighted by molar-refractivity contribution is 0.249. The van der Waals surface area contributed by atoms with E-state index in [4.69, 9.17) is 16.6 Å². The molecule has 0 N–H and O–H groups in total. The Kier molecular flexibility index (Phi) is 6.42. The van der Waals surface area contributed by atoms with E-state index in [9.17, 15) is 0 Å². The van der Waals surface area contributed by atoms with E-state index in [0.717, 1.165) is 36.0 Å². The van der Waals surface area contributed by atoms with E-state index in [0.29, 0.717) is 6.04 Å². The van der Waals surface area contributed by atoms with Gasteiger partial charge in [-0.25, -0.2) is 4.98 Å². The van der Waals surface area contributed by atoms with Crippen molar-refractivity contribution in [1.29, 1.82) is 0 Å². The Labute approximate surface area is 194 Å². The van der Waals surface area contributed by atoms with Crippen LogP contribution in [0.5, 0.6) is 0 Å². The van der Waals surface area contributed by atoms with E-state index in [1.54, 1.807) is 0 Å². The number of rotatable bonds is 4. The molecule has 162 valence electrons. The van der Waals surface area contributed by atoms with Crippen molar-refractivity contribution >= 4 is 51.6 Å². The molecule has 2 aromatic carbocycles. The first-order valence-corrected chi connectivity index (χ1v) is 11.0. The molecule has 0 unspecified atom stereocenters. The van der Waals surface area contributed by atoms with Crippen LogP contribution in [0.25, 0.3) is 21.8 Å². The van der Waals surface area contributed by atoms with Crippen LogP contribution < -0.4 is 4.90 Å². The lowest BCUT2D eigenvalue weighted by Crippen LogP contribution is -2.42. The summed E-state index contributed by atoms with van der Waals surface area (Å²) >= 11 is 6.23. The molecular weight excluding hydrogens is 427 g/mol. The third-order valence-electron chi connectivity index (χ3n) is 6.33. The van der Waals surface area contributed by atoms with Crippen molar-refractivity contribution in [3.8, 4) is 0 Å². The highest BCUT2D eigenvalue weighted by Gasteiger charge is 2.24. The van der Waals surface area contributed by atoms with Crippen LogP contribution in [-0.4, -0.2) is 47.7 Å². The van der Waals surface area contributed by atoms with Gasteiger partial charge < -0.3 is 14.4 Å². The third kappa shape index (κ3) is 4.25. The molecule has 1 aliphatic heterocycles. The van der Waals surface area contributed by atoms with E-state index >= 15 is 0 Å². The highest BCUT2D eigenvalue weighted by molar-refractivity contribution is 6.30. The summed E-state index contributed by atoms with van der Waals surface area (Å²) in [5, 5.41) is 3.21. The number of para-hydroxylation sites is 1. The maximum atomic E-state index is 6.23. The van der Waals surface area contributed by atoms with Crippen LogP contribution in [0, 0.1) is 0 Å². The average molecular weight is 455 g/mol. The molecule has 0 bridgehead atoms. The van der Waals surface area contributed by atoms with Gasteiger partial charge in [-0.1, -0.05) is 41.9 Å². The van der Waals surface area contributed by atoms with Gasteiger partial charge in [0.05, 0.1) is 11.0 Å². The summed E-state index contributed by atoms with van der Waals surface area (Å²) in [5.74, 6) is 1.12. The predicted octanol–water partition coefficient (Wildman–Crippen LogP) is 5.84. The average Bonchev–Trinajstić information content (AvgIpc) is 3.17. The third-order valence-corrected chi connectivity index (χ3v) is 6.56. The maximum absolute atomic E-state index is 6.23. The van der Waals surface area contributed by atoms with Gasteiger partial charge >= 0.3 is 0 Å². The molecule has 2 aromatic heterocycles. The van der Waals surface area contributed by atoms with E-state index in [1.807, 2.05) is 18.2 Å². The summed E-state index contributed by atoms with van der Waals surface area (Å²) in [4.78, 5) is 9.93. The second-order valence-electron chi connectivity index (χ2n) is 8.47. The van der Waals surface area contributed by atoms with Crippen molar-refractivity contribution in [3.63, 3.8) is 0 Å². The lowest BCUT2D eigenvalue weighted by Gasteiger charge is -2.36. The first kappa shape index (κ1) is 21.9. The van der Waals surface area contributed by atoms with Gasteiger partial charge in [-0.15, -0.1) is 12.4 Å². The van der Waals surface area contributed by atoms with Crippen LogP contribution in [0.2, 0.25) is 5.02 Å². The molecule has 1 aliphatic rings. The maximum Gasteiger partial charge on any atom is 0.138 e. The molecule has 4 nitrogen and oxygen atoms in total. The number of benzene rings is 2. The zero-order valence-electron chi connectivity index (χ0n) is 18.0. The number of halogens is 2. The summed E-state index contributed by atoms with van der Waals surface area (Å²) < 4.78 is 2.33. The minimum Gasteiger partial charge on any atom is -0.356 e. The molecule has 5 rings (SSSR count). The van der Waals surface area contributed by atoms with Crippen LogP contribution in [0.3, 0.4) is 0 Å². The number of hydrogen-bond acceptors (Lipinski definition) is 3. The second-order valence-corrected chi connectivity index (χ2v) is 8.91. The van der Waals surface area contributed by atoms with E-state index in [1.165, 1.54) is 34.7 Å². The summed E-state index contributed by atoms with van der Waals surface area (Å²) in [5.41, 5.74) is 3.51. The van der Waals surface area contributed by atoms with Gasteiger partial charge in [0.25, 0.3) is 0 Å². The quantitative estimate of drug-likeness (QED) is 0.386. The van der Waals surface area contributed by atoms with Gasteiger partial charge in [-0.3, -0.25) is 0 Å². The first-order valence-electron chi connectivity index (χ1n) is 10.6. The first-order chi connectivity index (χ1) is 14.6. The molecule has 1 fully saturated rings. The fourth-order valence-corrected chi connectivity index (χ4v) is 4.91. The Bertz CT molecular complexity index is 1190. The minimum absolute atomic E-state index is 0. The monoisotopic (exact) mass is 454 g/mol. The summed E-state index contributed by atoms with van der Waals surface area (Å²) in [7, 11) is 4.37. The number of anilines is 1. The van der Waals surface area contributed by atoms with Crippen molar-refractivity contribution < 1.29 is 0 Å².